The van der Waals surface area contributed by atoms with Crippen LogP contribution in [0.15, 0.2) is 48.5 Å². The first-order chi connectivity index (χ1) is 10.5. The Morgan fingerprint density at radius 3 is 2.32 bits per heavy atom. The molecule has 3 nitrogen and oxygen atoms in total. The molecule has 0 saturated heterocycles. The number of nitrogens with one attached hydrogen (secondary N) is 1. The van der Waals surface area contributed by atoms with Gasteiger partial charge in [-0.15, -0.1) is 0 Å². The summed E-state index contributed by atoms with van der Waals surface area (Å²) >= 11 is 0. The van der Waals surface area contributed by atoms with Gasteiger partial charge >= 0.3 is 0 Å². The minimum atomic E-state index is -0.520. The fraction of sp³-hybridized carbons (Fsp3) is 0.278. The third-order valence-electron chi connectivity index (χ3n) is 3.54. The Morgan fingerprint density at radius 2 is 1.77 bits per heavy atom. The molecule has 1 N–H and O–H groups in total. The average molecular weight is 300 g/mol. The van der Waals surface area contributed by atoms with Gasteiger partial charge in [-0.3, -0.25) is 4.79 Å². The smallest absolute Gasteiger partial charge is 0.258 e. The minimum Gasteiger partial charge on any atom is -0.369 e. The quantitative estimate of drug-likeness (QED) is 0.892. The van der Waals surface area contributed by atoms with Gasteiger partial charge in [-0.05, 0) is 57.2 Å². The number of carbonyl (C=O) groups excluding carboxylic acids is 1. The molecule has 0 aliphatic heterocycles. The molecule has 0 atom stereocenters. The molecule has 2 rings (SSSR count). The lowest BCUT2D eigenvalue weighted by atomic mass is 10.2. The summed E-state index contributed by atoms with van der Waals surface area (Å²) in [5.74, 6) is -0.962. The second-order valence-electron chi connectivity index (χ2n) is 5.36. The summed E-state index contributed by atoms with van der Waals surface area (Å²) in [6.07, 6.45) is 0. The van der Waals surface area contributed by atoms with Gasteiger partial charge in [-0.1, -0.05) is 12.1 Å². The number of rotatable bonds is 5. The highest BCUT2D eigenvalue weighted by Crippen LogP contribution is 2.20. The highest BCUT2D eigenvalue weighted by Gasteiger charge is 2.12. The zero-order valence-corrected chi connectivity index (χ0v) is 13.1. The normalized spacial score (nSPS) is 10.6. The van der Waals surface area contributed by atoms with Crippen LogP contribution in [0.4, 0.5) is 15.8 Å². The van der Waals surface area contributed by atoms with E-state index in [1.54, 1.807) is 12.1 Å². The Balaban J connectivity index is 2.12. The summed E-state index contributed by atoms with van der Waals surface area (Å²) in [5, 5.41) is 2.71. The fourth-order valence-electron chi connectivity index (χ4n) is 2.43. The zero-order valence-electron chi connectivity index (χ0n) is 13.1. The van der Waals surface area contributed by atoms with Crippen LogP contribution in [-0.2, 0) is 0 Å². The predicted molar refractivity (Wildman–Crippen MR) is 89.0 cm³/mol. The van der Waals surface area contributed by atoms with Crippen molar-refractivity contribution in [3.8, 4) is 0 Å². The van der Waals surface area contributed by atoms with E-state index in [2.05, 4.69) is 31.0 Å². The molecule has 0 aliphatic carbocycles. The Hall–Kier alpha value is -2.36. The lowest BCUT2D eigenvalue weighted by Crippen LogP contribution is -2.30. The van der Waals surface area contributed by atoms with Gasteiger partial charge in [0.1, 0.15) is 5.82 Å². The second kappa shape index (κ2) is 7.07. The van der Waals surface area contributed by atoms with Crippen molar-refractivity contribution in [1.29, 1.82) is 0 Å². The molecule has 0 aliphatic rings. The van der Waals surface area contributed by atoms with Crippen LogP contribution < -0.4 is 10.2 Å². The van der Waals surface area contributed by atoms with Crippen LogP contribution in [0.3, 0.4) is 0 Å². The Morgan fingerprint density at radius 1 is 1.14 bits per heavy atom. The number of halogens is 1. The van der Waals surface area contributed by atoms with E-state index in [0.717, 1.165) is 12.2 Å². The SMILES string of the molecule is CCN(c1ccc(NC(=O)c2ccccc2F)cc1)C(C)C. The first-order valence-corrected chi connectivity index (χ1v) is 7.45. The first-order valence-electron chi connectivity index (χ1n) is 7.45. The van der Waals surface area contributed by atoms with Gasteiger partial charge in [-0.25, -0.2) is 4.39 Å². The average Bonchev–Trinajstić information content (AvgIpc) is 2.49. The van der Waals surface area contributed by atoms with E-state index in [4.69, 9.17) is 0 Å². The van der Waals surface area contributed by atoms with Gasteiger partial charge in [0.05, 0.1) is 5.56 Å². The highest BCUT2D eigenvalue weighted by atomic mass is 19.1. The van der Waals surface area contributed by atoms with Gasteiger partial charge in [0, 0.05) is 24.0 Å². The van der Waals surface area contributed by atoms with E-state index >= 15 is 0 Å². The van der Waals surface area contributed by atoms with Crippen molar-refractivity contribution in [3.63, 3.8) is 0 Å². The lowest BCUT2D eigenvalue weighted by Gasteiger charge is -2.27. The maximum absolute atomic E-state index is 13.6. The van der Waals surface area contributed by atoms with Gasteiger partial charge in [0.15, 0.2) is 0 Å². The number of anilines is 2. The molecule has 0 heterocycles. The van der Waals surface area contributed by atoms with Gasteiger partial charge in [-0.2, -0.15) is 0 Å². The maximum atomic E-state index is 13.6. The molecular formula is C18H21FN2O. The van der Waals surface area contributed by atoms with Crippen molar-refractivity contribution >= 4 is 17.3 Å². The molecule has 0 saturated carbocycles. The molecule has 0 spiro atoms. The number of hydrogen-bond donors (Lipinski definition) is 1. The van der Waals surface area contributed by atoms with Crippen LogP contribution in [0.1, 0.15) is 31.1 Å². The molecule has 0 fully saturated rings. The summed E-state index contributed by atoms with van der Waals surface area (Å²) in [7, 11) is 0. The topological polar surface area (TPSA) is 32.3 Å². The standard InChI is InChI=1S/C18H21FN2O/c1-4-21(13(2)3)15-11-9-14(10-12-15)20-18(22)16-7-5-6-8-17(16)19/h5-13H,4H2,1-3H3,(H,20,22). The molecule has 2 aromatic rings. The van der Waals surface area contributed by atoms with E-state index in [9.17, 15) is 9.18 Å². The zero-order chi connectivity index (χ0) is 16.1. The van der Waals surface area contributed by atoms with Gasteiger partial charge in [0.2, 0.25) is 0 Å². The van der Waals surface area contributed by atoms with Crippen LogP contribution >= 0.6 is 0 Å². The van der Waals surface area contributed by atoms with Crippen molar-refractivity contribution in [2.24, 2.45) is 0 Å². The molecular weight excluding hydrogens is 279 g/mol. The third kappa shape index (κ3) is 3.64. The number of hydrogen-bond acceptors (Lipinski definition) is 2. The van der Waals surface area contributed by atoms with E-state index in [1.165, 1.54) is 12.1 Å². The Bertz CT molecular complexity index is 638. The second-order valence-corrected chi connectivity index (χ2v) is 5.36. The lowest BCUT2D eigenvalue weighted by molar-refractivity contribution is 0.102. The summed E-state index contributed by atoms with van der Waals surface area (Å²) in [6, 6.07) is 13.9. The van der Waals surface area contributed by atoms with Crippen molar-refractivity contribution < 1.29 is 9.18 Å². The number of nitrogens with zero attached hydrogens (tertiary/aromatic N) is 1. The van der Waals surface area contributed by atoms with Crippen LogP contribution in [0.5, 0.6) is 0 Å². The van der Waals surface area contributed by atoms with E-state index in [-0.39, 0.29) is 5.56 Å². The van der Waals surface area contributed by atoms with E-state index < -0.39 is 11.7 Å². The van der Waals surface area contributed by atoms with Gasteiger partial charge in [0.25, 0.3) is 5.91 Å². The molecule has 4 heteroatoms. The molecule has 1 amide bonds. The first kappa shape index (κ1) is 16.0. The molecule has 116 valence electrons. The summed E-state index contributed by atoms with van der Waals surface area (Å²) in [6.45, 7) is 7.29. The Kier molecular flexibility index (Phi) is 5.15. The highest BCUT2D eigenvalue weighted by molar-refractivity contribution is 6.04. The third-order valence-corrected chi connectivity index (χ3v) is 3.54. The van der Waals surface area contributed by atoms with Crippen LogP contribution in [0.25, 0.3) is 0 Å². The number of carbonyl (C=O) groups is 1. The van der Waals surface area contributed by atoms with Crippen molar-refractivity contribution in [3.05, 3.63) is 59.9 Å². The summed E-state index contributed by atoms with van der Waals surface area (Å²) in [5.41, 5.74) is 1.79. The van der Waals surface area contributed by atoms with Crippen molar-refractivity contribution in [1.82, 2.24) is 0 Å². The maximum Gasteiger partial charge on any atom is 0.258 e. The minimum absolute atomic E-state index is 0.0453. The number of amides is 1. The molecule has 0 radical (unpaired) electrons. The monoisotopic (exact) mass is 300 g/mol. The molecule has 2 aromatic carbocycles. The van der Waals surface area contributed by atoms with Crippen molar-refractivity contribution in [2.75, 3.05) is 16.8 Å². The van der Waals surface area contributed by atoms with Crippen LogP contribution in [-0.4, -0.2) is 18.5 Å². The van der Waals surface area contributed by atoms with E-state index in [1.807, 2.05) is 24.3 Å². The summed E-state index contributed by atoms with van der Waals surface area (Å²) < 4.78 is 13.6. The van der Waals surface area contributed by atoms with Gasteiger partial charge < -0.3 is 10.2 Å². The molecule has 22 heavy (non-hydrogen) atoms. The predicted octanol–water partition coefficient (Wildman–Crippen LogP) is 4.31. The van der Waals surface area contributed by atoms with E-state index in [0.29, 0.717) is 11.7 Å². The largest absolute Gasteiger partial charge is 0.369 e. The van der Waals surface area contributed by atoms with Crippen LogP contribution in [0, 0.1) is 5.82 Å². The number of benzene rings is 2. The van der Waals surface area contributed by atoms with Crippen LogP contribution in [0.2, 0.25) is 0 Å². The van der Waals surface area contributed by atoms with Crippen molar-refractivity contribution in [2.45, 2.75) is 26.8 Å². The molecule has 0 aromatic heterocycles. The fourth-order valence-corrected chi connectivity index (χ4v) is 2.43. The molecule has 0 unspecified atom stereocenters. The summed E-state index contributed by atoms with van der Waals surface area (Å²) in [4.78, 5) is 14.3. The molecule has 0 bridgehead atoms. The Labute approximate surface area is 130 Å².